The average Bonchev–Trinajstić information content (AvgIpc) is 2.45. The highest BCUT2D eigenvalue weighted by atomic mass is 14.3. The van der Waals surface area contributed by atoms with Crippen molar-refractivity contribution >= 4 is 0 Å². The van der Waals surface area contributed by atoms with Crippen molar-refractivity contribution in [3.8, 4) is 0 Å². The summed E-state index contributed by atoms with van der Waals surface area (Å²) in [6, 6.07) is 0. The number of rotatable bonds is 14. The van der Waals surface area contributed by atoms with Gasteiger partial charge in [0.2, 0.25) is 0 Å². The first-order valence-corrected chi connectivity index (χ1v) is 11.0. The van der Waals surface area contributed by atoms with Crippen LogP contribution in [0.15, 0.2) is 0 Å². The lowest BCUT2D eigenvalue weighted by molar-refractivity contribution is 0.149. The van der Waals surface area contributed by atoms with Crippen molar-refractivity contribution < 1.29 is 0 Å². The minimum absolute atomic E-state index is 0.886. The summed E-state index contributed by atoms with van der Waals surface area (Å²) in [5.74, 6) is 4.85. The maximum Gasteiger partial charge on any atom is -0.0360 e. The monoisotopic (exact) mass is 322 g/mol. The van der Waals surface area contributed by atoms with Crippen LogP contribution in [0.1, 0.15) is 118 Å². The third-order valence-electron chi connectivity index (χ3n) is 6.42. The molecule has 0 N–H and O–H groups in total. The van der Waals surface area contributed by atoms with Gasteiger partial charge in [-0.1, -0.05) is 112 Å². The Morgan fingerprint density at radius 2 is 1.35 bits per heavy atom. The molecule has 0 heteroatoms. The van der Waals surface area contributed by atoms with E-state index in [4.69, 9.17) is 0 Å². The van der Waals surface area contributed by atoms with Gasteiger partial charge >= 0.3 is 0 Å². The van der Waals surface area contributed by atoms with Crippen molar-refractivity contribution in [2.24, 2.45) is 29.6 Å². The van der Waals surface area contributed by atoms with Crippen molar-refractivity contribution in [2.75, 3.05) is 0 Å². The summed E-state index contributed by atoms with van der Waals surface area (Å²) in [4.78, 5) is 0. The number of unbranched alkanes of at least 4 members (excludes halogenated alkanes) is 5. The first-order valence-electron chi connectivity index (χ1n) is 11.0. The van der Waals surface area contributed by atoms with E-state index in [2.05, 4.69) is 34.6 Å². The largest absolute Gasteiger partial charge is 0.0651 e. The molecule has 0 bridgehead atoms. The minimum atomic E-state index is 0.886. The summed E-state index contributed by atoms with van der Waals surface area (Å²) in [6.07, 6.45) is 19.2. The first kappa shape index (κ1) is 21.0. The van der Waals surface area contributed by atoms with E-state index in [0.29, 0.717) is 0 Å². The van der Waals surface area contributed by atoms with Crippen LogP contribution in [0.25, 0.3) is 0 Å². The van der Waals surface area contributed by atoms with E-state index in [9.17, 15) is 0 Å². The van der Waals surface area contributed by atoms with Gasteiger partial charge < -0.3 is 0 Å². The maximum atomic E-state index is 2.47. The van der Waals surface area contributed by atoms with Crippen LogP contribution in [0.2, 0.25) is 0 Å². The Kier molecular flexibility index (Phi) is 11.3. The summed E-state index contributed by atoms with van der Waals surface area (Å²) < 4.78 is 0. The van der Waals surface area contributed by atoms with Crippen molar-refractivity contribution in [3.05, 3.63) is 0 Å². The molecule has 0 aromatic heterocycles. The highest BCUT2D eigenvalue weighted by Gasteiger charge is 2.28. The van der Waals surface area contributed by atoms with E-state index in [1.165, 1.54) is 83.5 Å². The molecular formula is C23H46. The van der Waals surface area contributed by atoms with E-state index >= 15 is 0 Å². The zero-order valence-electron chi connectivity index (χ0n) is 17.1. The van der Waals surface area contributed by atoms with Gasteiger partial charge in [-0.2, -0.15) is 0 Å². The standard InChI is InChI=1S/C23H46/c1-6-22(23(20(4)5)18-21-15-13-16-21)17-12-10-8-7-9-11-14-19(2)3/h19-23H,6-18H2,1-5H3. The molecule has 0 aromatic carbocycles. The van der Waals surface area contributed by atoms with Gasteiger partial charge in [-0.05, 0) is 36.0 Å². The molecule has 1 saturated carbocycles. The van der Waals surface area contributed by atoms with Crippen LogP contribution >= 0.6 is 0 Å². The zero-order chi connectivity index (χ0) is 17.1. The summed E-state index contributed by atoms with van der Waals surface area (Å²) in [5, 5.41) is 0. The summed E-state index contributed by atoms with van der Waals surface area (Å²) in [6.45, 7) is 12.1. The zero-order valence-corrected chi connectivity index (χ0v) is 17.1. The predicted octanol–water partition coefficient (Wildman–Crippen LogP) is 8.25. The van der Waals surface area contributed by atoms with Crippen LogP contribution in [0.5, 0.6) is 0 Å². The Labute approximate surface area is 148 Å². The van der Waals surface area contributed by atoms with Gasteiger partial charge in [-0.25, -0.2) is 0 Å². The second kappa shape index (κ2) is 12.4. The van der Waals surface area contributed by atoms with Crippen LogP contribution in [0.4, 0.5) is 0 Å². The molecule has 0 radical (unpaired) electrons. The average molecular weight is 323 g/mol. The van der Waals surface area contributed by atoms with Gasteiger partial charge in [0.1, 0.15) is 0 Å². The van der Waals surface area contributed by atoms with Crippen LogP contribution in [-0.4, -0.2) is 0 Å². The third kappa shape index (κ3) is 9.16. The molecule has 1 aliphatic rings. The second-order valence-electron chi connectivity index (χ2n) is 9.20. The van der Waals surface area contributed by atoms with E-state index in [0.717, 1.165) is 29.6 Å². The smallest absolute Gasteiger partial charge is 0.0360 e. The molecule has 0 spiro atoms. The first-order chi connectivity index (χ1) is 11.0. The minimum Gasteiger partial charge on any atom is -0.0651 e. The fourth-order valence-corrected chi connectivity index (χ4v) is 4.51. The lowest BCUT2D eigenvalue weighted by Gasteiger charge is -2.36. The predicted molar refractivity (Wildman–Crippen MR) is 106 cm³/mol. The van der Waals surface area contributed by atoms with Crippen LogP contribution < -0.4 is 0 Å². The summed E-state index contributed by atoms with van der Waals surface area (Å²) in [5.41, 5.74) is 0. The van der Waals surface area contributed by atoms with E-state index in [1.807, 2.05) is 0 Å². The third-order valence-corrected chi connectivity index (χ3v) is 6.42. The Morgan fingerprint density at radius 1 is 0.783 bits per heavy atom. The van der Waals surface area contributed by atoms with Crippen molar-refractivity contribution in [1.29, 1.82) is 0 Å². The molecule has 0 aliphatic heterocycles. The number of hydrogen-bond acceptors (Lipinski definition) is 0. The number of hydrogen-bond donors (Lipinski definition) is 0. The molecule has 0 amide bonds. The highest BCUT2D eigenvalue weighted by molar-refractivity contribution is 4.79. The molecule has 23 heavy (non-hydrogen) atoms. The Hall–Kier alpha value is 0. The van der Waals surface area contributed by atoms with Gasteiger partial charge in [-0.3, -0.25) is 0 Å². The van der Waals surface area contributed by atoms with Gasteiger partial charge in [0.15, 0.2) is 0 Å². The Morgan fingerprint density at radius 3 is 1.78 bits per heavy atom. The molecule has 2 unspecified atom stereocenters. The van der Waals surface area contributed by atoms with Crippen molar-refractivity contribution in [2.45, 2.75) is 118 Å². The van der Waals surface area contributed by atoms with Gasteiger partial charge in [0, 0.05) is 0 Å². The van der Waals surface area contributed by atoms with Crippen molar-refractivity contribution in [1.82, 2.24) is 0 Å². The molecule has 0 saturated heterocycles. The Bertz CT molecular complexity index is 261. The topological polar surface area (TPSA) is 0 Å². The molecule has 1 aliphatic carbocycles. The molecule has 138 valence electrons. The maximum absolute atomic E-state index is 2.47. The normalized spacial score (nSPS) is 18.4. The van der Waals surface area contributed by atoms with Gasteiger partial charge in [-0.15, -0.1) is 0 Å². The van der Waals surface area contributed by atoms with Gasteiger partial charge in [0.05, 0.1) is 0 Å². The highest BCUT2D eigenvalue weighted by Crippen LogP contribution is 2.39. The second-order valence-corrected chi connectivity index (χ2v) is 9.20. The molecule has 0 nitrogen and oxygen atoms in total. The van der Waals surface area contributed by atoms with Crippen LogP contribution in [0, 0.1) is 29.6 Å². The summed E-state index contributed by atoms with van der Waals surface area (Å²) >= 11 is 0. The van der Waals surface area contributed by atoms with E-state index in [-0.39, 0.29) is 0 Å². The SMILES string of the molecule is CCC(CCCCCCCCC(C)C)C(CC1CCC1)C(C)C. The van der Waals surface area contributed by atoms with Gasteiger partial charge in [0.25, 0.3) is 0 Å². The van der Waals surface area contributed by atoms with Crippen LogP contribution in [-0.2, 0) is 0 Å². The lowest BCUT2D eigenvalue weighted by atomic mass is 9.70. The fraction of sp³-hybridized carbons (Fsp3) is 1.00. The molecule has 1 rings (SSSR count). The molecule has 0 aromatic rings. The van der Waals surface area contributed by atoms with E-state index in [1.54, 1.807) is 0 Å². The molecule has 2 atom stereocenters. The molecule has 1 fully saturated rings. The quantitative estimate of drug-likeness (QED) is 0.282. The van der Waals surface area contributed by atoms with E-state index < -0.39 is 0 Å². The molecular weight excluding hydrogens is 276 g/mol. The van der Waals surface area contributed by atoms with Crippen LogP contribution in [0.3, 0.4) is 0 Å². The summed E-state index contributed by atoms with van der Waals surface area (Å²) in [7, 11) is 0. The van der Waals surface area contributed by atoms with Crippen molar-refractivity contribution in [3.63, 3.8) is 0 Å². The lowest BCUT2D eigenvalue weighted by Crippen LogP contribution is -2.25. The fourth-order valence-electron chi connectivity index (χ4n) is 4.51. The molecule has 0 heterocycles. The Balaban J connectivity index is 2.13.